The SMILES string of the molecule is c1ccc(N(CC2CC2)c2nc3nncn3c3ccccc23)cc1. The van der Waals surface area contributed by atoms with Gasteiger partial charge in [0.25, 0.3) is 5.78 Å². The van der Waals surface area contributed by atoms with Gasteiger partial charge in [0.15, 0.2) is 0 Å². The number of hydrogen-bond donors (Lipinski definition) is 0. The zero-order valence-corrected chi connectivity index (χ0v) is 13.2. The summed E-state index contributed by atoms with van der Waals surface area (Å²) in [6.45, 7) is 0.991. The highest BCUT2D eigenvalue weighted by atomic mass is 15.3. The van der Waals surface area contributed by atoms with Gasteiger partial charge in [0.2, 0.25) is 0 Å². The molecule has 2 aromatic carbocycles. The Kier molecular flexibility index (Phi) is 2.98. The maximum atomic E-state index is 4.84. The molecule has 4 aromatic rings. The van der Waals surface area contributed by atoms with E-state index in [4.69, 9.17) is 4.98 Å². The maximum absolute atomic E-state index is 4.84. The van der Waals surface area contributed by atoms with Gasteiger partial charge in [0, 0.05) is 17.6 Å². The predicted octanol–water partition coefficient (Wildman–Crippen LogP) is 3.83. The van der Waals surface area contributed by atoms with Crippen LogP contribution >= 0.6 is 0 Å². The van der Waals surface area contributed by atoms with Crippen LogP contribution in [0.4, 0.5) is 11.5 Å². The van der Waals surface area contributed by atoms with E-state index in [2.05, 4.69) is 57.6 Å². The Balaban J connectivity index is 1.77. The molecule has 1 fully saturated rings. The summed E-state index contributed by atoms with van der Waals surface area (Å²) in [5.74, 6) is 2.35. The van der Waals surface area contributed by atoms with Crippen LogP contribution in [0.25, 0.3) is 16.7 Å². The van der Waals surface area contributed by atoms with Crippen LogP contribution < -0.4 is 4.90 Å². The van der Waals surface area contributed by atoms with Crippen LogP contribution in [0.5, 0.6) is 0 Å². The average molecular weight is 315 g/mol. The summed E-state index contributed by atoms with van der Waals surface area (Å²) in [7, 11) is 0. The monoisotopic (exact) mass is 315 g/mol. The highest BCUT2D eigenvalue weighted by molar-refractivity contribution is 5.93. The van der Waals surface area contributed by atoms with Gasteiger partial charge in [-0.15, -0.1) is 10.2 Å². The lowest BCUT2D eigenvalue weighted by atomic mass is 10.2. The average Bonchev–Trinajstić information content (AvgIpc) is 3.34. The van der Waals surface area contributed by atoms with Gasteiger partial charge < -0.3 is 4.90 Å². The Morgan fingerprint density at radius 2 is 1.79 bits per heavy atom. The Bertz CT molecular complexity index is 1000. The number of rotatable bonds is 4. The molecule has 0 atom stereocenters. The smallest absolute Gasteiger partial charge is 0.257 e. The molecule has 1 aliphatic carbocycles. The molecule has 0 radical (unpaired) electrons. The first-order chi connectivity index (χ1) is 11.9. The van der Waals surface area contributed by atoms with Crippen molar-refractivity contribution in [3.63, 3.8) is 0 Å². The highest BCUT2D eigenvalue weighted by Crippen LogP contribution is 2.37. The van der Waals surface area contributed by atoms with Crippen molar-refractivity contribution in [1.29, 1.82) is 0 Å². The second-order valence-corrected chi connectivity index (χ2v) is 6.34. The van der Waals surface area contributed by atoms with Gasteiger partial charge in [-0.3, -0.25) is 4.40 Å². The van der Waals surface area contributed by atoms with Gasteiger partial charge in [-0.05, 0) is 43.0 Å². The number of para-hydroxylation sites is 2. The largest absolute Gasteiger partial charge is 0.325 e. The van der Waals surface area contributed by atoms with Crippen molar-refractivity contribution in [3.05, 3.63) is 60.9 Å². The zero-order chi connectivity index (χ0) is 15.9. The molecule has 24 heavy (non-hydrogen) atoms. The van der Waals surface area contributed by atoms with E-state index in [-0.39, 0.29) is 0 Å². The minimum Gasteiger partial charge on any atom is -0.325 e. The van der Waals surface area contributed by atoms with Crippen LogP contribution in [0.2, 0.25) is 0 Å². The Hall–Kier alpha value is -2.95. The van der Waals surface area contributed by atoms with E-state index in [0.29, 0.717) is 5.78 Å². The fraction of sp³-hybridized carbons (Fsp3) is 0.211. The molecule has 5 rings (SSSR count). The summed E-state index contributed by atoms with van der Waals surface area (Å²) in [5, 5.41) is 9.33. The highest BCUT2D eigenvalue weighted by Gasteiger charge is 2.27. The van der Waals surface area contributed by atoms with E-state index >= 15 is 0 Å². The lowest BCUT2D eigenvalue weighted by Crippen LogP contribution is -2.21. The van der Waals surface area contributed by atoms with Crippen LogP contribution in [0, 0.1) is 5.92 Å². The Morgan fingerprint density at radius 1 is 1.00 bits per heavy atom. The summed E-state index contributed by atoms with van der Waals surface area (Å²) in [6.07, 6.45) is 4.32. The van der Waals surface area contributed by atoms with Crippen molar-refractivity contribution in [2.45, 2.75) is 12.8 Å². The fourth-order valence-electron chi connectivity index (χ4n) is 3.19. The van der Waals surface area contributed by atoms with Gasteiger partial charge in [0.1, 0.15) is 12.1 Å². The van der Waals surface area contributed by atoms with Crippen molar-refractivity contribution in [3.8, 4) is 0 Å². The van der Waals surface area contributed by atoms with Gasteiger partial charge in [-0.1, -0.05) is 30.3 Å². The lowest BCUT2D eigenvalue weighted by Gasteiger charge is -2.25. The first-order valence-corrected chi connectivity index (χ1v) is 8.31. The van der Waals surface area contributed by atoms with Gasteiger partial charge in [-0.25, -0.2) is 0 Å². The summed E-state index contributed by atoms with van der Waals surface area (Å²) in [6, 6.07) is 18.8. The molecule has 5 heteroatoms. The lowest BCUT2D eigenvalue weighted by molar-refractivity contribution is 0.807. The molecule has 0 N–H and O–H groups in total. The third-order valence-electron chi connectivity index (χ3n) is 4.60. The molecule has 0 spiro atoms. The molecule has 0 saturated heterocycles. The molecule has 1 aliphatic rings. The van der Waals surface area contributed by atoms with E-state index in [1.54, 1.807) is 6.33 Å². The molecule has 0 unspecified atom stereocenters. The Labute approximate surface area is 139 Å². The normalized spacial score (nSPS) is 14.3. The number of aromatic nitrogens is 4. The Morgan fingerprint density at radius 3 is 2.62 bits per heavy atom. The molecule has 0 aliphatic heterocycles. The molecule has 5 nitrogen and oxygen atoms in total. The van der Waals surface area contributed by atoms with Crippen LogP contribution in [-0.2, 0) is 0 Å². The maximum Gasteiger partial charge on any atom is 0.257 e. The summed E-state index contributed by atoms with van der Waals surface area (Å²) in [5.41, 5.74) is 2.25. The second-order valence-electron chi connectivity index (χ2n) is 6.34. The minimum absolute atomic E-state index is 0.639. The first-order valence-electron chi connectivity index (χ1n) is 8.31. The second kappa shape index (κ2) is 5.30. The molecule has 118 valence electrons. The van der Waals surface area contributed by atoms with Crippen molar-refractivity contribution in [2.24, 2.45) is 5.92 Å². The van der Waals surface area contributed by atoms with Crippen LogP contribution in [-0.4, -0.2) is 26.1 Å². The molecule has 1 saturated carbocycles. The van der Waals surface area contributed by atoms with Gasteiger partial charge in [0.05, 0.1) is 5.52 Å². The number of hydrogen-bond acceptors (Lipinski definition) is 4. The van der Waals surface area contributed by atoms with E-state index in [9.17, 15) is 0 Å². The van der Waals surface area contributed by atoms with Gasteiger partial charge in [-0.2, -0.15) is 4.98 Å². The van der Waals surface area contributed by atoms with Crippen LogP contribution in [0.1, 0.15) is 12.8 Å². The summed E-state index contributed by atoms with van der Waals surface area (Å²) in [4.78, 5) is 7.16. The molecule has 2 aromatic heterocycles. The van der Waals surface area contributed by atoms with E-state index in [1.165, 1.54) is 18.5 Å². The van der Waals surface area contributed by atoms with Crippen LogP contribution in [0.15, 0.2) is 60.9 Å². The number of anilines is 2. The van der Waals surface area contributed by atoms with Crippen LogP contribution in [0.3, 0.4) is 0 Å². The molecule has 0 amide bonds. The molecule has 0 bridgehead atoms. The van der Waals surface area contributed by atoms with E-state index in [0.717, 1.165) is 29.2 Å². The quantitative estimate of drug-likeness (QED) is 0.574. The van der Waals surface area contributed by atoms with E-state index < -0.39 is 0 Å². The topological polar surface area (TPSA) is 46.3 Å². The fourth-order valence-corrected chi connectivity index (χ4v) is 3.19. The zero-order valence-electron chi connectivity index (χ0n) is 13.2. The van der Waals surface area contributed by atoms with E-state index in [1.807, 2.05) is 16.5 Å². The number of fused-ring (bicyclic) bond motifs is 3. The molecule has 2 heterocycles. The number of benzene rings is 2. The minimum atomic E-state index is 0.639. The molecular weight excluding hydrogens is 298 g/mol. The standard InChI is InChI=1S/C19H17N5/c1-2-6-15(7-3-1)23(12-14-10-11-14)18-16-8-4-5-9-17(16)24-13-20-22-19(24)21-18/h1-9,13-14H,10-12H2. The van der Waals surface area contributed by atoms with Crippen molar-refractivity contribution in [1.82, 2.24) is 19.6 Å². The van der Waals surface area contributed by atoms with Crippen molar-refractivity contribution in [2.75, 3.05) is 11.4 Å². The summed E-state index contributed by atoms with van der Waals surface area (Å²) >= 11 is 0. The summed E-state index contributed by atoms with van der Waals surface area (Å²) < 4.78 is 1.94. The van der Waals surface area contributed by atoms with Crippen molar-refractivity contribution >= 4 is 28.2 Å². The predicted molar refractivity (Wildman–Crippen MR) is 94.5 cm³/mol. The van der Waals surface area contributed by atoms with Crippen molar-refractivity contribution < 1.29 is 0 Å². The third kappa shape index (κ3) is 2.21. The van der Waals surface area contributed by atoms with Gasteiger partial charge >= 0.3 is 0 Å². The number of nitrogens with zero attached hydrogens (tertiary/aromatic N) is 5. The third-order valence-corrected chi connectivity index (χ3v) is 4.60. The molecular formula is C19H17N5. The first kappa shape index (κ1) is 13.5.